The third-order valence-electron chi connectivity index (χ3n) is 3.97. The van der Waals surface area contributed by atoms with Crippen molar-refractivity contribution < 1.29 is 9.18 Å². The maximum absolute atomic E-state index is 12.9. The average molecular weight is 341 g/mol. The third-order valence-corrected chi connectivity index (χ3v) is 3.97. The van der Waals surface area contributed by atoms with Crippen molar-refractivity contribution in [2.24, 2.45) is 5.73 Å². The molecule has 1 aromatic heterocycles. The molecule has 0 spiro atoms. The van der Waals surface area contributed by atoms with Crippen LogP contribution in [0.4, 0.5) is 4.39 Å². The molecule has 0 aliphatic carbocycles. The van der Waals surface area contributed by atoms with Gasteiger partial charge in [0.1, 0.15) is 11.5 Å². The molecule has 0 aliphatic rings. The zero-order valence-electron chi connectivity index (χ0n) is 13.2. The lowest BCUT2D eigenvalue weighted by molar-refractivity contribution is 0.0937. The van der Waals surface area contributed by atoms with Crippen LogP contribution in [-0.4, -0.2) is 28.2 Å². The fourth-order valence-electron chi connectivity index (χ4n) is 2.06. The Labute approximate surface area is 141 Å². The molecular weight excluding hydrogens is 319 g/mol. The Morgan fingerprint density at radius 3 is 2.48 bits per heavy atom. The summed E-state index contributed by atoms with van der Waals surface area (Å²) in [5, 5.41) is 9.60. The van der Waals surface area contributed by atoms with Crippen LogP contribution in [0.2, 0.25) is 0 Å². The monoisotopic (exact) mass is 340 g/mol. The summed E-state index contributed by atoms with van der Waals surface area (Å²) < 4.78 is 12.9. The zero-order chi connectivity index (χ0) is 16.2. The molecule has 0 saturated heterocycles. The fraction of sp³-hybridized carbons (Fsp3) is 0.375. The standard InChI is InChI=1S/C16H21FN4O.ClH/c1-3-16(18,4-2)10-19-15(22)14-9-13(20-21-14)11-5-7-12(17)8-6-11;/h5-9H,3-4,10,18H2,1-2H3,(H,19,22)(H,20,21);1H. The summed E-state index contributed by atoms with van der Waals surface area (Å²) in [7, 11) is 0. The van der Waals surface area contributed by atoms with Crippen LogP contribution >= 0.6 is 12.4 Å². The van der Waals surface area contributed by atoms with E-state index in [-0.39, 0.29) is 24.1 Å². The van der Waals surface area contributed by atoms with Gasteiger partial charge in [0.2, 0.25) is 0 Å². The van der Waals surface area contributed by atoms with Crippen molar-refractivity contribution in [1.29, 1.82) is 0 Å². The summed E-state index contributed by atoms with van der Waals surface area (Å²) >= 11 is 0. The van der Waals surface area contributed by atoms with Gasteiger partial charge in [-0.15, -0.1) is 12.4 Å². The summed E-state index contributed by atoms with van der Waals surface area (Å²) in [6.45, 7) is 4.40. The van der Waals surface area contributed by atoms with Gasteiger partial charge in [-0.05, 0) is 43.2 Å². The van der Waals surface area contributed by atoms with Crippen LogP contribution < -0.4 is 11.1 Å². The first-order chi connectivity index (χ1) is 10.5. The minimum absolute atomic E-state index is 0. The van der Waals surface area contributed by atoms with Crippen LogP contribution in [0.5, 0.6) is 0 Å². The number of carbonyl (C=O) groups excluding carboxylic acids is 1. The minimum atomic E-state index is -0.393. The molecule has 2 rings (SSSR count). The van der Waals surface area contributed by atoms with E-state index >= 15 is 0 Å². The quantitative estimate of drug-likeness (QED) is 0.756. The largest absolute Gasteiger partial charge is 0.349 e. The molecule has 4 N–H and O–H groups in total. The van der Waals surface area contributed by atoms with Crippen molar-refractivity contribution in [3.8, 4) is 11.3 Å². The SMILES string of the molecule is CCC(N)(CC)CNC(=O)c1cc(-c2ccc(F)cc2)n[nH]1.Cl. The fourth-order valence-corrected chi connectivity index (χ4v) is 2.06. The smallest absolute Gasteiger partial charge is 0.269 e. The van der Waals surface area contributed by atoms with Crippen LogP contribution in [0, 0.1) is 5.82 Å². The van der Waals surface area contributed by atoms with Crippen molar-refractivity contribution >= 4 is 18.3 Å². The molecule has 1 heterocycles. The highest BCUT2D eigenvalue weighted by Crippen LogP contribution is 2.18. The van der Waals surface area contributed by atoms with Crippen LogP contribution in [0.1, 0.15) is 37.2 Å². The van der Waals surface area contributed by atoms with E-state index in [0.717, 1.165) is 18.4 Å². The van der Waals surface area contributed by atoms with Crippen molar-refractivity contribution in [2.45, 2.75) is 32.2 Å². The molecule has 0 atom stereocenters. The average Bonchev–Trinajstić information content (AvgIpc) is 3.03. The maximum atomic E-state index is 12.9. The molecule has 126 valence electrons. The van der Waals surface area contributed by atoms with Crippen molar-refractivity contribution in [1.82, 2.24) is 15.5 Å². The summed E-state index contributed by atoms with van der Waals surface area (Å²) in [5.74, 6) is -0.562. The number of aromatic amines is 1. The number of hydrogen-bond acceptors (Lipinski definition) is 3. The van der Waals surface area contributed by atoms with Gasteiger partial charge < -0.3 is 11.1 Å². The first kappa shape index (κ1) is 19.1. The van der Waals surface area contributed by atoms with Gasteiger partial charge in [-0.25, -0.2) is 4.39 Å². The zero-order valence-corrected chi connectivity index (χ0v) is 14.0. The molecule has 5 nitrogen and oxygen atoms in total. The Morgan fingerprint density at radius 2 is 1.91 bits per heavy atom. The second-order valence-electron chi connectivity index (χ2n) is 5.43. The Kier molecular flexibility index (Phi) is 6.72. The molecule has 23 heavy (non-hydrogen) atoms. The van der Waals surface area contributed by atoms with Crippen molar-refractivity contribution in [2.75, 3.05) is 6.54 Å². The van der Waals surface area contributed by atoms with Crippen LogP contribution in [0.3, 0.4) is 0 Å². The van der Waals surface area contributed by atoms with Gasteiger partial charge in [-0.2, -0.15) is 5.10 Å². The molecule has 1 amide bonds. The summed E-state index contributed by atoms with van der Waals surface area (Å²) in [4.78, 5) is 12.1. The van der Waals surface area contributed by atoms with Crippen LogP contribution in [0.15, 0.2) is 30.3 Å². The Bertz CT molecular complexity index is 638. The van der Waals surface area contributed by atoms with Gasteiger partial charge in [0.05, 0.1) is 5.69 Å². The number of nitrogens with zero attached hydrogens (tertiary/aromatic N) is 1. The number of halogens is 2. The number of nitrogens with one attached hydrogen (secondary N) is 2. The summed E-state index contributed by atoms with van der Waals surface area (Å²) in [6, 6.07) is 7.58. The van der Waals surface area contributed by atoms with E-state index in [0.29, 0.717) is 17.9 Å². The number of amides is 1. The van der Waals surface area contributed by atoms with E-state index in [1.165, 1.54) is 12.1 Å². The predicted octanol–water partition coefficient (Wildman–Crippen LogP) is 2.88. The third kappa shape index (κ3) is 4.77. The van der Waals surface area contributed by atoms with Gasteiger partial charge in [-0.3, -0.25) is 9.89 Å². The van der Waals surface area contributed by atoms with Crippen molar-refractivity contribution in [3.05, 3.63) is 41.8 Å². The summed E-state index contributed by atoms with van der Waals surface area (Å²) in [6.07, 6.45) is 1.57. The number of benzene rings is 1. The lowest BCUT2D eigenvalue weighted by Gasteiger charge is -2.26. The Balaban J connectivity index is 0.00000264. The first-order valence-corrected chi connectivity index (χ1v) is 7.36. The highest BCUT2D eigenvalue weighted by atomic mass is 35.5. The van der Waals surface area contributed by atoms with Gasteiger partial charge >= 0.3 is 0 Å². The predicted molar refractivity (Wildman–Crippen MR) is 91.1 cm³/mol. The lowest BCUT2D eigenvalue weighted by atomic mass is 9.94. The normalized spacial score (nSPS) is 11.0. The second kappa shape index (κ2) is 8.08. The van der Waals surface area contributed by atoms with Crippen LogP contribution in [-0.2, 0) is 0 Å². The van der Waals surface area contributed by atoms with E-state index in [1.54, 1.807) is 18.2 Å². The topological polar surface area (TPSA) is 83.8 Å². The van der Waals surface area contributed by atoms with Gasteiger partial charge in [0.25, 0.3) is 5.91 Å². The molecular formula is C16H22ClFN4O. The van der Waals surface area contributed by atoms with E-state index in [4.69, 9.17) is 5.73 Å². The number of hydrogen-bond donors (Lipinski definition) is 3. The van der Waals surface area contributed by atoms with Gasteiger partial charge in [0, 0.05) is 17.6 Å². The van der Waals surface area contributed by atoms with E-state index < -0.39 is 5.54 Å². The number of aromatic nitrogens is 2. The van der Waals surface area contributed by atoms with Gasteiger partial charge in [-0.1, -0.05) is 13.8 Å². The molecule has 2 aromatic rings. The lowest BCUT2D eigenvalue weighted by Crippen LogP contribution is -2.49. The van der Waals surface area contributed by atoms with Crippen LogP contribution in [0.25, 0.3) is 11.3 Å². The number of rotatable bonds is 6. The molecule has 0 fully saturated rings. The number of carbonyl (C=O) groups is 1. The number of nitrogens with two attached hydrogens (primary N) is 1. The summed E-state index contributed by atoms with van der Waals surface area (Å²) in [5.41, 5.74) is 7.45. The molecule has 1 aromatic carbocycles. The highest BCUT2D eigenvalue weighted by Gasteiger charge is 2.21. The first-order valence-electron chi connectivity index (χ1n) is 7.36. The second-order valence-corrected chi connectivity index (χ2v) is 5.43. The number of H-pyrrole nitrogens is 1. The molecule has 7 heteroatoms. The molecule has 0 aliphatic heterocycles. The van der Waals surface area contributed by atoms with E-state index in [1.807, 2.05) is 13.8 Å². The molecule has 0 saturated carbocycles. The maximum Gasteiger partial charge on any atom is 0.269 e. The molecule has 0 bridgehead atoms. The van der Waals surface area contributed by atoms with Crippen molar-refractivity contribution in [3.63, 3.8) is 0 Å². The van der Waals surface area contributed by atoms with E-state index in [9.17, 15) is 9.18 Å². The van der Waals surface area contributed by atoms with E-state index in [2.05, 4.69) is 15.5 Å². The Hall–Kier alpha value is -1.92. The molecule has 0 unspecified atom stereocenters. The molecule has 0 radical (unpaired) electrons. The minimum Gasteiger partial charge on any atom is -0.349 e. The van der Waals surface area contributed by atoms with Gasteiger partial charge in [0.15, 0.2) is 0 Å². The Morgan fingerprint density at radius 1 is 1.30 bits per heavy atom. The highest BCUT2D eigenvalue weighted by molar-refractivity contribution is 5.93.